The van der Waals surface area contributed by atoms with Crippen molar-refractivity contribution in [3.8, 4) is 5.75 Å². The van der Waals surface area contributed by atoms with Gasteiger partial charge in [0.25, 0.3) is 0 Å². The molecule has 19 heavy (non-hydrogen) atoms. The molecule has 1 aliphatic heterocycles. The van der Waals surface area contributed by atoms with Gasteiger partial charge in [0.05, 0.1) is 6.61 Å². The number of rotatable bonds is 7. The van der Waals surface area contributed by atoms with Gasteiger partial charge in [0.15, 0.2) is 0 Å². The molecule has 0 aliphatic carbocycles. The highest BCUT2D eigenvalue weighted by Crippen LogP contribution is 2.33. The first-order valence-electron chi connectivity index (χ1n) is 7.35. The fraction of sp³-hybridized carbons (Fsp3) is 0.625. The first kappa shape index (κ1) is 14.7. The highest BCUT2D eigenvalue weighted by atomic mass is 35.5. The van der Waals surface area contributed by atoms with Crippen molar-refractivity contribution in [2.45, 2.75) is 32.1 Å². The number of ether oxygens (including phenoxy) is 1. The smallest absolute Gasteiger partial charge is 0.122 e. The zero-order valence-corrected chi connectivity index (χ0v) is 12.5. The van der Waals surface area contributed by atoms with Crippen LogP contribution in [0.25, 0.3) is 0 Å². The lowest BCUT2D eigenvalue weighted by atomic mass is 9.92. The lowest BCUT2D eigenvalue weighted by Crippen LogP contribution is -2.33. The molecule has 0 spiro atoms. The second-order valence-electron chi connectivity index (χ2n) is 5.22. The average molecular weight is 282 g/mol. The van der Waals surface area contributed by atoms with Gasteiger partial charge in [-0.15, -0.1) is 11.6 Å². The highest BCUT2D eigenvalue weighted by Gasteiger charge is 2.22. The van der Waals surface area contributed by atoms with E-state index in [2.05, 4.69) is 36.1 Å². The molecule has 2 nitrogen and oxygen atoms in total. The molecule has 1 heterocycles. The van der Waals surface area contributed by atoms with E-state index in [1.807, 2.05) is 0 Å². The van der Waals surface area contributed by atoms with E-state index in [9.17, 15) is 0 Å². The molecule has 3 heteroatoms. The van der Waals surface area contributed by atoms with Crippen LogP contribution < -0.4 is 4.74 Å². The van der Waals surface area contributed by atoms with Crippen molar-refractivity contribution in [3.05, 3.63) is 29.8 Å². The van der Waals surface area contributed by atoms with Crippen LogP contribution in [0.5, 0.6) is 5.75 Å². The lowest BCUT2D eigenvalue weighted by Gasteiger charge is -2.31. The maximum atomic E-state index is 5.93. The van der Waals surface area contributed by atoms with Crippen LogP contribution in [-0.2, 0) is 0 Å². The fourth-order valence-electron chi connectivity index (χ4n) is 2.71. The number of para-hydroxylation sites is 1. The maximum Gasteiger partial charge on any atom is 0.122 e. The Morgan fingerprint density at radius 3 is 2.95 bits per heavy atom. The summed E-state index contributed by atoms with van der Waals surface area (Å²) < 4.78 is 5.73. The van der Waals surface area contributed by atoms with Crippen LogP contribution in [0.3, 0.4) is 0 Å². The van der Waals surface area contributed by atoms with Crippen molar-refractivity contribution < 1.29 is 4.74 Å². The highest BCUT2D eigenvalue weighted by molar-refractivity contribution is 6.18. The minimum absolute atomic E-state index is 0.588. The standard InChI is InChI=1S/C16H24ClNO/c1-2-3-10-18(11-9-17)13-14-8-12-19-16-7-5-4-6-15(14)16/h4-7,14H,2-3,8-13H2,1H3. The number of fused-ring (bicyclic) bond motifs is 1. The van der Waals surface area contributed by atoms with Crippen LogP contribution in [0.2, 0.25) is 0 Å². The molecule has 0 saturated heterocycles. The third-order valence-electron chi connectivity index (χ3n) is 3.79. The quantitative estimate of drug-likeness (QED) is 0.703. The third kappa shape index (κ3) is 4.12. The number of benzene rings is 1. The summed E-state index contributed by atoms with van der Waals surface area (Å²) in [5.41, 5.74) is 1.37. The number of halogens is 1. The van der Waals surface area contributed by atoms with E-state index in [0.29, 0.717) is 11.8 Å². The zero-order valence-electron chi connectivity index (χ0n) is 11.8. The summed E-state index contributed by atoms with van der Waals surface area (Å²) in [6, 6.07) is 8.45. The molecule has 0 radical (unpaired) electrons. The second-order valence-corrected chi connectivity index (χ2v) is 5.59. The van der Waals surface area contributed by atoms with Crippen LogP contribution in [-0.4, -0.2) is 37.0 Å². The monoisotopic (exact) mass is 281 g/mol. The van der Waals surface area contributed by atoms with Crippen molar-refractivity contribution in [2.75, 3.05) is 32.1 Å². The third-order valence-corrected chi connectivity index (χ3v) is 3.96. The van der Waals surface area contributed by atoms with Gasteiger partial charge in [-0.2, -0.15) is 0 Å². The number of hydrogen-bond acceptors (Lipinski definition) is 2. The van der Waals surface area contributed by atoms with E-state index < -0.39 is 0 Å². The van der Waals surface area contributed by atoms with E-state index >= 15 is 0 Å². The predicted octanol–water partition coefficient (Wildman–Crippen LogP) is 3.89. The molecule has 1 aliphatic rings. The SMILES string of the molecule is CCCCN(CCCl)CC1CCOc2ccccc21. The summed E-state index contributed by atoms with van der Waals surface area (Å²) in [6.45, 7) is 6.32. The number of alkyl halides is 1. The molecule has 0 fully saturated rings. The first-order valence-corrected chi connectivity index (χ1v) is 7.88. The normalized spacial score (nSPS) is 18.2. The molecule has 1 aromatic rings. The predicted molar refractivity (Wildman–Crippen MR) is 81.4 cm³/mol. The van der Waals surface area contributed by atoms with Gasteiger partial charge in [-0.1, -0.05) is 31.5 Å². The van der Waals surface area contributed by atoms with Crippen LogP contribution in [0.1, 0.15) is 37.7 Å². The van der Waals surface area contributed by atoms with Gasteiger partial charge in [0, 0.05) is 24.9 Å². The Hall–Kier alpha value is -0.730. The Morgan fingerprint density at radius 1 is 1.32 bits per heavy atom. The Balaban J connectivity index is 2.01. The molecule has 0 aromatic heterocycles. The van der Waals surface area contributed by atoms with Gasteiger partial charge in [-0.25, -0.2) is 0 Å². The van der Waals surface area contributed by atoms with Gasteiger partial charge >= 0.3 is 0 Å². The van der Waals surface area contributed by atoms with E-state index in [4.69, 9.17) is 16.3 Å². The molecule has 1 aromatic carbocycles. The van der Waals surface area contributed by atoms with Crippen LogP contribution in [0, 0.1) is 0 Å². The molecule has 0 bridgehead atoms. The van der Waals surface area contributed by atoms with Gasteiger partial charge in [0.2, 0.25) is 0 Å². The molecular formula is C16H24ClNO. The number of nitrogens with zero attached hydrogens (tertiary/aromatic N) is 1. The molecular weight excluding hydrogens is 258 g/mol. The van der Waals surface area contributed by atoms with Crippen molar-refractivity contribution in [1.29, 1.82) is 0 Å². The topological polar surface area (TPSA) is 12.5 Å². The first-order chi connectivity index (χ1) is 9.35. The van der Waals surface area contributed by atoms with Crippen molar-refractivity contribution in [3.63, 3.8) is 0 Å². The van der Waals surface area contributed by atoms with E-state index in [1.165, 1.54) is 18.4 Å². The van der Waals surface area contributed by atoms with E-state index in [0.717, 1.165) is 38.4 Å². The van der Waals surface area contributed by atoms with Gasteiger partial charge in [-0.05, 0) is 31.0 Å². The molecule has 106 valence electrons. The second kappa shape index (κ2) is 7.76. The Kier molecular flexibility index (Phi) is 5.99. The summed E-state index contributed by atoms with van der Waals surface area (Å²) in [4.78, 5) is 2.50. The molecule has 0 saturated carbocycles. The van der Waals surface area contributed by atoms with Crippen molar-refractivity contribution in [1.82, 2.24) is 4.90 Å². The van der Waals surface area contributed by atoms with Crippen LogP contribution in [0.15, 0.2) is 24.3 Å². The molecule has 2 rings (SSSR count). The molecule has 0 N–H and O–H groups in total. The van der Waals surface area contributed by atoms with Crippen LogP contribution >= 0.6 is 11.6 Å². The van der Waals surface area contributed by atoms with E-state index in [1.54, 1.807) is 0 Å². The minimum Gasteiger partial charge on any atom is -0.493 e. The van der Waals surface area contributed by atoms with Gasteiger partial charge < -0.3 is 9.64 Å². The summed E-state index contributed by atoms with van der Waals surface area (Å²) in [6.07, 6.45) is 3.60. The van der Waals surface area contributed by atoms with Crippen molar-refractivity contribution >= 4 is 11.6 Å². The Labute approximate surface area is 121 Å². The van der Waals surface area contributed by atoms with E-state index in [-0.39, 0.29) is 0 Å². The lowest BCUT2D eigenvalue weighted by molar-refractivity contribution is 0.215. The van der Waals surface area contributed by atoms with Gasteiger partial charge in [0.1, 0.15) is 5.75 Å². The molecule has 1 atom stereocenters. The van der Waals surface area contributed by atoms with Crippen LogP contribution in [0.4, 0.5) is 0 Å². The van der Waals surface area contributed by atoms with Crippen molar-refractivity contribution in [2.24, 2.45) is 0 Å². The van der Waals surface area contributed by atoms with Gasteiger partial charge in [-0.3, -0.25) is 0 Å². The Bertz CT molecular complexity index is 383. The summed E-state index contributed by atoms with van der Waals surface area (Å²) in [5.74, 6) is 2.37. The molecule has 1 unspecified atom stereocenters. The zero-order chi connectivity index (χ0) is 13.5. The largest absolute Gasteiger partial charge is 0.493 e. The Morgan fingerprint density at radius 2 is 2.16 bits per heavy atom. The summed E-state index contributed by atoms with van der Waals surface area (Å²) >= 11 is 5.93. The molecule has 0 amide bonds. The summed E-state index contributed by atoms with van der Waals surface area (Å²) in [7, 11) is 0. The number of hydrogen-bond donors (Lipinski definition) is 0. The number of unbranched alkanes of at least 4 members (excludes halogenated alkanes) is 1. The minimum atomic E-state index is 0.588. The fourth-order valence-corrected chi connectivity index (χ4v) is 2.95. The maximum absolute atomic E-state index is 5.93. The average Bonchev–Trinajstić information content (AvgIpc) is 2.45. The summed E-state index contributed by atoms with van der Waals surface area (Å²) in [5, 5.41) is 0.